The van der Waals surface area contributed by atoms with Crippen molar-refractivity contribution in [2.75, 3.05) is 53.4 Å². The molecule has 5 nitrogen and oxygen atoms in total. The fourth-order valence-corrected chi connectivity index (χ4v) is 5.57. The molecule has 0 aromatic heterocycles. The van der Waals surface area contributed by atoms with Crippen LogP contribution in [0.2, 0.25) is 0 Å². The minimum Gasteiger partial charge on any atom is -0.492 e. The van der Waals surface area contributed by atoms with E-state index in [0.29, 0.717) is 13.2 Å². The Morgan fingerprint density at radius 3 is 2.44 bits per heavy atom. The lowest BCUT2D eigenvalue weighted by Gasteiger charge is -2.45. The second-order valence-corrected chi connectivity index (χ2v) is 10.5. The minimum atomic E-state index is 0.263. The third kappa shape index (κ3) is 6.83. The van der Waals surface area contributed by atoms with Crippen molar-refractivity contribution in [1.29, 1.82) is 0 Å². The van der Waals surface area contributed by atoms with E-state index in [4.69, 9.17) is 4.74 Å². The highest BCUT2D eigenvalue weighted by Gasteiger charge is 2.37. The van der Waals surface area contributed by atoms with Gasteiger partial charge in [-0.15, -0.1) is 0 Å². The van der Waals surface area contributed by atoms with Gasteiger partial charge in [0, 0.05) is 32.7 Å². The molecule has 0 saturated carbocycles. The van der Waals surface area contributed by atoms with E-state index < -0.39 is 0 Å². The van der Waals surface area contributed by atoms with Crippen LogP contribution in [0.5, 0.6) is 5.75 Å². The van der Waals surface area contributed by atoms with Crippen molar-refractivity contribution in [2.45, 2.75) is 45.1 Å². The number of fused-ring (bicyclic) bond motifs is 1. The fourth-order valence-electron chi connectivity index (χ4n) is 5.57. The molecule has 1 saturated heterocycles. The van der Waals surface area contributed by atoms with Gasteiger partial charge in [0.2, 0.25) is 5.91 Å². The summed E-state index contributed by atoms with van der Waals surface area (Å²) < 4.78 is 6.29. The summed E-state index contributed by atoms with van der Waals surface area (Å²) in [6, 6.07) is 19.3. The number of hydrogen-bond donors (Lipinski definition) is 0. The van der Waals surface area contributed by atoms with Gasteiger partial charge in [-0.1, -0.05) is 55.0 Å². The fraction of sp³-hybridized carbons (Fsp3) is 0.552. The molecular formula is C29H41N3O2. The summed E-state index contributed by atoms with van der Waals surface area (Å²) in [6.07, 6.45) is 6.90. The van der Waals surface area contributed by atoms with Crippen molar-refractivity contribution in [3.05, 3.63) is 65.7 Å². The normalized spacial score (nSPS) is 19.7. The topological polar surface area (TPSA) is 36.0 Å². The maximum absolute atomic E-state index is 12.7. The van der Waals surface area contributed by atoms with Crippen molar-refractivity contribution in [3.8, 4) is 5.75 Å². The molecule has 184 valence electrons. The number of carbonyl (C=O) groups excluding carboxylic acids is 1. The number of nitrogens with zero attached hydrogens (tertiary/aromatic N) is 3. The van der Waals surface area contributed by atoms with Crippen molar-refractivity contribution < 1.29 is 9.53 Å². The number of amides is 1. The Balaban J connectivity index is 1.49. The summed E-state index contributed by atoms with van der Waals surface area (Å²) in [5, 5.41) is 0. The van der Waals surface area contributed by atoms with E-state index >= 15 is 0 Å². The average Bonchev–Trinajstić information content (AvgIpc) is 2.82. The van der Waals surface area contributed by atoms with Crippen LogP contribution in [0.25, 0.3) is 0 Å². The van der Waals surface area contributed by atoms with Crippen LogP contribution in [0.15, 0.2) is 54.6 Å². The zero-order valence-electron chi connectivity index (χ0n) is 21.0. The first-order valence-electron chi connectivity index (χ1n) is 12.9. The lowest BCUT2D eigenvalue weighted by Crippen LogP contribution is -2.50. The molecule has 1 spiro atoms. The van der Waals surface area contributed by atoms with E-state index in [1.165, 1.54) is 30.4 Å². The zero-order valence-corrected chi connectivity index (χ0v) is 21.0. The Morgan fingerprint density at radius 2 is 1.68 bits per heavy atom. The molecule has 0 radical (unpaired) electrons. The number of likely N-dealkylation sites (N-methyl/N-ethyl adjacent to an activating group) is 1. The van der Waals surface area contributed by atoms with Gasteiger partial charge in [-0.25, -0.2) is 0 Å². The molecular weight excluding hydrogens is 422 g/mol. The van der Waals surface area contributed by atoms with Gasteiger partial charge in [-0.05, 0) is 68.8 Å². The van der Waals surface area contributed by atoms with E-state index in [1.54, 1.807) is 0 Å². The van der Waals surface area contributed by atoms with E-state index in [1.807, 2.05) is 19.0 Å². The molecule has 4 rings (SSSR count). The highest BCUT2D eigenvalue weighted by atomic mass is 16.5. The number of hydrogen-bond acceptors (Lipinski definition) is 4. The lowest BCUT2D eigenvalue weighted by molar-refractivity contribution is -0.134. The molecule has 0 aliphatic carbocycles. The zero-order chi connectivity index (χ0) is 23.8. The van der Waals surface area contributed by atoms with Crippen LogP contribution in [0.4, 0.5) is 0 Å². The van der Waals surface area contributed by atoms with E-state index in [2.05, 4.69) is 64.4 Å². The summed E-state index contributed by atoms with van der Waals surface area (Å²) in [7, 11) is 3.94. The summed E-state index contributed by atoms with van der Waals surface area (Å²) in [5.41, 5.74) is 2.95. The molecule has 2 aliphatic heterocycles. The van der Waals surface area contributed by atoms with Gasteiger partial charge < -0.3 is 14.5 Å². The number of likely N-dealkylation sites (tertiary alicyclic amines) is 1. The van der Waals surface area contributed by atoms with Gasteiger partial charge in [-0.3, -0.25) is 9.69 Å². The molecule has 2 aliphatic rings. The molecule has 5 heteroatoms. The highest BCUT2D eigenvalue weighted by molar-refractivity contribution is 5.78. The third-order valence-electron chi connectivity index (χ3n) is 7.48. The van der Waals surface area contributed by atoms with Crippen LogP contribution in [-0.4, -0.2) is 74.0 Å². The first-order chi connectivity index (χ1) is 16.5. The third-order valence-corrected chi connectivity index (χ3v) is 7.48. The van der Waals surface area contributed by atoms with Gasteiger partial charge in [0.1, 0.15) is 12.4 Å². The summed E-state index contributed by atoms with van der Waals surface area (Å²) in [6.45, 7) is 5.89. The first kappa shape index (κ1) is 24.7. The Morgan fingerprint density at radius 1 is 0.941 bits per heavy atom. The second-order valence-electron chi connectivity index (χ2n) is 10.5. The van der Waals surface area contributed by atoms with Crippen molar-refractivity contribution >= 4 is 5.91 Å². The van der Waals surface area contributed by atoms with Crippen molar-refractivity contribution in [3.63, 3.8) is 0 Å². The highest BCUT2D eigenvalue weighted by Crippen LogP contribution is 2.38. The molecule has 1 fully saturated rings. The SMILES string of the molecule is CN(C)CC(=O)N1CCC2(CCCCc3ccccc3OCCN(Cc3ccccc3)C2)CC1. The van der Waals surface area contributed by atoms with Crippen molar-refractivity contribution in [1.82, 2.24) is 14.7 Å². The maximum Gasteiger partial charge on any atom is 0.236 e. The van der Waals surface area contributed by atoms with Crippen LogP contribution in [0, 0.1) is 5.41 Å². The quantitative estimate of drug-likeness (QED) is 0.671. The van der Waals surface area contributed by atoms with E-state index in [0.717, 1.165) is 57.7 Å². The number of para-hydroxylation sites is 1. The van der Waals surface area contributed by atoms with Gasteiger partial charge in [0.05, 0.1) is 6.54 Å². The first-order valence-corrected chi connectivity index (χ1v) is 12.9. The van der Waals surface area contributed by atoms with Gasteiger partial charge in [0.15, 0.2) is 0 Å². The average molecular weight is 464 g/mol. The molecule has 2 aromatic rings. The Hall–Kier alpha value is -2.37. The van der Waals surface area contributed by atoms with E-state index in [9.17, 15) is 4.79 Å². The number of carbonyl (C=O) groups is 1. The van der Waals surface area contributed by atoms with Gasteiger partial charge >= 0.3 is 0 Å². The standard InChI is InChI=1S/C29H41N3O2/c1-30(2)23-28(33)32-18-16-29(17-19-32)15-9-8-13-26-12-6-7-14-27(26)34-21-20-31(24-29)22-25-10-4-3-5-11-25/h3-7,10-12,14H,8-9,13,15-24H2,1-2H3. The van der Waals surface area contributed by atoms with Crippen LogP contribution in [0.3, 0.4) is 0 Å². The van der Waals surface area contributed by atoms with Gasteiger partial charge in [-0.2, -0.15) is 0 Å². The molecule has 2 heterocycles. The van der Waals surface area contributed by atoms with Crippen LogP contribution in [0.1, 0.15) is 43.2 Å². The second kappa shape index (κ2) is 11.9. The largest absolute Gasteiger partial charge is 0.492 e. The lowest BCUT2D eigenvalue weighted by atomic mass is 9.73. The number of benzene rings is 2. The number of ether oxygens (including phenoxy) is 1. The summed E-state index contributed by atoms with van der Waals surface area (Å²) >= 11 is 0. The van der Waals surface area contributed by atoms with E-state index in [-0.39, 0.29) is 11.3 Å². The number of aryl methyl sites for hydroxylation is 1. The minimum absolute atomic E-state index is 0.263. The molecule has 0 atom stereocenters. The Kier molecular flexibility index (Phi) is 8.63. The summed E-state index contributed by atoms with van der Waals surface area (Å²) in [4.78, 5) is 19.3. The Bertz CT molecular complexity index is 907. The molecule has 0 bridgehead atoms. The molecule has 0 N–H and O–H groups in total. The molecule has 34 heavy (non-hydrogen) atoms. The number of rotatable bonds is 4. The van der Waals surface area contributed by atoms with Crippen LogP contribution >= 0.6 is 0 Å². The van der Waals surface area contributed by atoms with Crippen molar-refractivity contribution in [2.24, 2.45) is 5.41 Å². The monoisotopic (exact) mass is 463 g/mol. The smallest absolute Gasteiger partial charge is 0.236 e. The molecule has 2 aromatic carbocycles. The molecule has 1 amide bonds. The maximum atomic E-state index is 12.7. The predicted octanol–water partition coefficient (Wildman–Crippen LogP) is 4.46. The summed E-state index contributed by atoms with van der Waals surface area (Å²) in [5.74, 6) is 1.31. The number of piperidine rings is 1. The molecule has 0 unspecified atom stereocenters. The Labute approximate surface area is 205 Å². The predicted molar refractivity (Wildman–Crippen MR) is 138 cm³/mol. The van der Waals surface area contributed by atoms with Crippen LogP contribution in [-0.2, 0) is 17.8 Å². The van der Waals surface area contributed by atoms with Gasteiger partial charge in [0.25, 0.3) is 0 Å². The van der Waals surface area contributed by atoms with Crippen LogP contribution < -0.4 is 4.74 Å².